The number of nitrogens with two attached hydrogens (primary N) is 1. The highest BCUT2D eigenvalue weighted by atomic mass is 32.2. The molecule has 0 fully saturated rings. The molecule has 19 heavy (non-hydrogen) atoms. The summed E-state index contributed by atoms with van der Waals surface area (Å²) in [7, 11) is -2.78. The number of benzene rings is 1. The molecule has 0 aliphatic carbocycles. The topological polar surface area (TPSA) is 120 Å². The predicted octanol–water partition coefficient (Wildman–Crippen LogP) is 0.464. The van der Waals surface area contributed by atoms with Crippen molar-refractivity contribution in [3.8, 4) is 5.75 Å². The molecule has 11 heteroatoms. The van der Waals surface area contributed by atoms with E-state index in [2.05, 4.69) is 19.5 Å². The monoisotopic (exact) mass is 305 g/mol. The number of halogens is 1. The molecule has 0 atom stereocenters. The normalized spacial score (nSPS) is 11.3. The number of nitrogens with zero attached hydrogens (tertiary/aromatic N) is 3. The molecular formula is C8H8FN5O3S2. The number of anilines is 2. The zero-order chi connectivity index (χ0) is 14.0. The highest BCUT2D eigenvalue weighted by molar-refractivity contribution is 7.93. The van der Waals surface area contributed by atoms with E-state index in [1.807, 2.05) is 0 Å². The average molecular weight is 305 g/mol. The van der Waals surface area contributed by atoms with Gasteiger partial charge in [0.25, 0.3) is 10.0 Å². The summed E-state index contributed by atoms with van der Waals surface area (Å²) in [5, 5.41) is 6.63. The molecule has 0 radical (unpaired) electrons. The number of rotatable bonds is 4. The molecule has 0 spiro atoms. The van der Waals surface area contributed by atoms with Gasteiger partial charge in [0.2, 0.25) is 5.13 Å². The van der Waals surface area contributed by atoms with Gasteiger partial charge in [0.1, 0.15) is 0 Å². The van der Waals surface area contributed by atoms with E-state index in [0.29, 0.717) is 0 Å². The van der Waals surface area contributed by atoms with Gasteiger partial charge in [-0.15, -0.1) is 0 Å². The first-order chi connectivity index (χ1) is 8.94. The van der Waals surface area contributed by atoms with Crippen LogP contribution in [-0.2, 0) is 10.0 Å². The Balaban J connectivity index is 2.41. The van der Waals surface area contributed by atoms with E-state index >= 15 is 0 Å². The minimum Gasteiger partial charge on any atom is -0.492 e. The molecule has 1 heterocycles. The highest BCUT2D eigenvalue weighted by Gasteiger charge is 2.20. The van der Waals surface area contributed by atoms with E-state index in [0.717, 1.165) is 23.7 Å². The molecule has 0 saturated heterocycles. The van der Waals surface area contributed by atoms with Crippen LogP contribution in [-0.4, -0.2) is 30.3 Å². The lowest BCUT2D eigenvalue weighted by Crippen LogP contribution is -2.14. The number of hydrogen-bond donors (Lipinski definition) is 2. The van der Waals surface area contributed by atoms with Crippen LogP contribution in [0.15, 0.2) is 17.0 Å². The van der Waals surface area contributed by atoms with Gasteiger partial charge >= 0.3 is 0 Å². The van der Waals surface area contributed by atoms with Crippen molar-refractivity contribution < 1.29 is 17.5 Å². The maximum atomic E-state index is 13.6. The Morgan fingerprint density at radius 2 is 2.21 bits per heavy atom. The standard InChI is InChI=1S/C8H8FN5O3S2/c1-17-7-5(9)2-4(3-6(7)10)19(15,16)12-8-11-13-14-18-8/h2-3H,10H2,1H3,(H,11,12,14). The minimum atomic E-state index is -4.01. The number of methoxy groups -OCH3 is 1. The molecule has 8 nitrogen and oxygen atoms in total. The van der Waals surface area contributed by atoms with Crippen molar-refractivity contribution in [1.82, 2.24) is 14.8 Å². The van der Waals surface area contributed by atoms with Crippen molar-refractivity contribution in [3.05, 3.63) is 17.9 Å². The fourth-order valence-electron chi connectivity index (χ4n) is 1.31. The van der Waals surface area contributed by atoms with Crippen LogP contribution in [0.5, 0.6) is 5.75 Å². The lowest BCUT2D eigenvalue weighted by molar-refractivity contribution is 0.388. The van der Waals surface area contributed by atoms with Crippen molar-refractivity contribution in [3.63, 3.8) is 0 Å². The summed E-state index contributed by atoms with van der Waals surface area (Å²) in [6.07, 6.45) is 0. The van der Waals surface area contributed by atoms with Gasteiger partial charge in [-0.3, -0.25) is 4.72 Å². The van der Waals surface area contributed by atoms with Crippen molar-refractivity contribution in [2.45, 2.75) is 4.90 Å². The molecule has 0 bridgehead atoms. The SMILES string of the molecule is COc1c(N)cc(S(=O)(=O)Nc2nnns2)cc1F. The van der Waals surface area contributed by atoms with E-state index in [9.17, 15) is 12.8 Å². The number of sulfonamides is 1. The molecule has 1 aromatic carbocycles. The fourth-order valence-corrected chi connectivity index (χ4v) is 2.94. The zero-order valence-electron chi connectivity index (χ0n) is 9.49. The lowest BCUT2D eigenvalue weighted by Gasteiger charge is -2.09. The maximum absolute atomic E-state index is 13.6. The Hall–Kier alpha value is -2.01. The molecule has 0 saturated carbocycles. The molecule has 2 rings (SSSR count). The van der Waals surface area contributed by atoms with Crippen molar-refractivity contribution in [1.29, 1.82) is 0 Å². The second-order valence-corrected chi connectivity index (χ2v) is 5.72. The average Bonchev–Trinajstić information content (AvgIpc) is 2.80. The zero-order valence-corrected chi connectivity index (χ0v) is 11.1. The third-order valence-electron chi connectivity index (χ3n) is 2.08. The van der Waals surface area contributed by atoms with E-state index in [1.54, 1.807) is 0 Å². The molecule has 0 amide bonds. The molecule has 102 valence electrons. The van der Waals surface area contributed by atoms with Gasteiger partial charge in [-0.25, -0.2) is 12.8 Å². The summed E-state index contributed by atoms with van der Waals surface area (Å²) in [5.41, 5.74) is 5.38. The van der Waals surface area contributed by atoms with Crippen LogP contribution in [0, 0.1) is 5.82 Å². The van der Waals surface area contributed by atoms with Crippen molar-refractivity contribution in [2.24, 2.45) is 0 Å². The van der Waals surface area contributed by atoms with Gasteiger partial charge in [-0.05, 0) is 17.3 Å². The first kappa shape index (κ1) is 13.4. The lowest BCUT2D eigenvalue weighted by atomic mass is 10.3. The van der Waals surface area contributed by atoms with Gasteiger partial charge in [-0.2, -0.15) is 0 Å². The number of hydrogen-bond acceptors (Lipinski definition) is 8. The molecule has 0 aliphatic heterocycles. The number of ether oxygens (including phenoxy) is 1. The van der Waals surface area contributed by atoms with Gasteiger partial charge in [0, 0.05) is 11.5 Å². The van der Waals surface area contributed by atoms with Crippen molar-refractivity contribution in [2.75, 3.05) is 17.6 Å². The Kier molecular flexibility index (Phi) is 3.48. The second kappa shape index (κ2) is 4.93. The highest BCUT2D eigenvalue weighted by Crippen LogP contribution is 2.29. The number of aromatic nitrogens is 3. The third-order valence-corrected chi connectivity index (χ3v) is 4.04. The van der Waals surface area contributed by atoms with E-state index in [4.69, 9.17) is 10.5 Å². The largest absolute Gasteiger partial charge is 0.492 e. The first-order valence-electron chi connectivity index (χ1n) is 4.75. The fraction of sp³-hybridized carbons (Fsp3) is 0.125. The molecule has 2 aromatic rings. The predicted molar refractivity (Wildman–Crippen MR) is 65.9 cm³/mol. The first-order valence-corrected chi connectivity index (χ1v) is 7.00. The Morgan fingerprint density at radius 1 is 1.47 bits per heavy atom. The van der Waals surface area contributed by atoms with Crippen LogP contribution < -0.4 is 15.2 Å². The van der Waals surface area contributed by atoms with Gasteiger partial charge < -0.3 is 10.5 Å². The third kappa shape index (κ3) is 2.71. The summed E-state index contributed by atoms with van der Waals surface area (Å²) in [6, 6.07) is 1.88. The van der Waals surface area contributed by atoms with Crippen LogP contribution >= 0.6 is 11.5 Å². The molecule has 0 unspecified atom stereocenters. The summed E-state index contributed by atoms with van der Waals surface area (Å²) in [6.45, 7) is 0. The summed E-state index contributed by atoms with van der Waals surface area (Å²) >= 11 is 0.748. The minimum absolute atomic E-state index is 0.0326. The van der Waals surface area contributed by atoms with Crippen LogP contribution in [0.1, 0.15) is 0 Å². The Morgan fingerprint density at radius 3 is 2.74 bits per heavy atom. The number of nitrogens with one attached hydrogen (secondary N) is 1. The van der Waals surface area contributed by atoms with Crippen LogP contribution in [0.4, 0.5) is 15.2 Å². The van der Waals surface area contributed by atoms with Gasteiger partial charge in [0.05, 0.1) is 17.7 Å². The second-order valence-electron chi connectivity index (χ2n) is 3.30. The van der Waals surface area contributed by atoms with E-state index in [-0.39, 0.29) is 21.5 Å². The van der Waals surface area contributed by atoms with Gasteiger partial charge in [-0.1, -0.05) is 9.59 Å². The van der Waals surface area contributed by atoms with Crippen LogP contribution in [0.3, 0.4) is 0 Å². The van der Waals surface area contributed by atoms with Gasteiger partial charge in [0.15, 0.2) is 11.6 Å². The Bertz CT molecular complexity index is 665. The molecular weight excluding hydrogens is 297 g/mol. The van der Waals surface area contributed by atoms with Crippen LogP contribution in [0.25, 0.3) is 0 Å². The molecule has 1 aromatic heterocycles. The van der Waals surface area contributed by atoms with E-state index < -0.39 is 15.8 Å². The molecule has 0 aliphatic rings. The Labute approximate surface area is 111 Å². The smallest absolute Gasteiger partial charge is 0.263 e. The summed E-state index contributed by atoms with van der Waals surface area (Å²) < 4.78 is 47.7. The van der Waals surface area contributed by atoms with Crippen molar-refractivity contribution >= 4 is 32.4 Å². The summed E-state index contributed by atoms with van der Waals surface area (Å²) in [4.78, 5) is -0.349. The molecule has 3 N–H and O–H groups in total. The van der Waals surface area contributed by atoms with Crippen LogP contribution in [0.2, 0.25) is 0 Å². The quantitative estimate of drug-likeness (QED) is 0.787. The maximum Gasteiger partial charge on any atom is 0.263 e. The van der Waals surface area contributed by atoms with E-state index in [1.165, 1.54) is 7.11 Å². The number of nitrogen functional groups attached to an aromatic ring is 1. The summed E-state index contributed by atoms with van der Waals surface area (Å²) in [5.74, 6) is -1.09.